The van der Waals surface area contributed by atoms with Gasteiger partial charge in [-0.15, -0.1) is 0 Å². The summed E-state index contributed by atoms with van der Waals surface area (Å²) < 4.78 is 20.8. The maximum atomic E-state index is 14.2. The van der Waals surface area contributed by atoms with Gasteiger partial charge in [0.1, 0.15) is 17.2 Å². The second-order valence-electron chi connectivity index (χ2n) is 5.05. The molecule has 1 aromatic heterocycles. The van der Waals surface area contributed by atoms with E-state index in [1.165, 1.54) is 11.6 Å². The third-order valence-corrected chi connectivity index (χ3v) is 4.24. The zero-order valence-electron chi connectivity index (χ0n) is 11.8. The molecule has 4 heteroatoms. The largest absolute Gasteiger partial charge is 0.459 e. The first-order valence-corrected chi connectivity index (χ1v) is 7.50. The Labute approximate surface area is 131 Å². The third-order valence-electron chi connectivity index (χ3n) is 3.55. The van der Waals surface area contributed by atoms with Crippen molar-refractivity contribution in [1.29, 1.82) is 0 Å². The molecule has 3 rings (SSSR count). The molecule has 0 aliphatic heterocycles. The second-order valence-corrected chi connectivity index (χ2v) is 5.90. The third kappa shape index (κ3) is 2.61. The molecule has 1 atom stereocenters. The minimum atomic E-state index is -0.340. The monoisotopic (exact) mass is 347 g/mol. The van der Waals surface area contributed by atoms with Gasteiger partial charge >= 0.3 is 0 Å². The van der Waals surface area contributed by atoms with Gasteiger partial charge in [-0.3, -0.25) is 0 Å². The van der Waals surface area contributed by atoms with E-state index in [2.05, 4.69) is 27.3 Å². The topological polar surface area (TPSA) is 25.2 Å². The molecule has 0 amide bonds. The summed E-state index contributed by atoms with van der Waals surface area (Å²) >= 11 is 3.42. The van der Waals surface area contributed by atoms with Crippen LogP contribution in [0.2, 0.25) is 0 Å². The van der Waals surface area contributed by atoms with Crippen LogP contribution in [0.15, 0.2) is 51.4 Å². The van der Waals surface area contributed by atoms with Gasteiger partial charge < -0.3 is 9.73 Å². The highest BCUT2D eigenvalue weighted by Gasteiger charge is 2.22. The van der Waals surface area contributed by atoms with Gasteiger partial charge in [0.25, 0.3) is 0 Å². The molecule has 3 aromatic rings. The number of hydrogen-bond acceptors (Lipinski definition) is 2. The van der Waals surface area contributed by atoms with E-state index in [-0.39, 0.29) is 11.9 Å². The van der Waals surface area contributed by atoms with Gasteiger partial charge in [0.2, 0.25) is 0 Å². The molecular formula is C17H15BrFNO. The molecule has 0 saturated carbocycles. The van der Waals surface area contributed by atoms with Crippen LogP contribution in [0.4, 0.5) is 4.39 Å². The second kappa shape index (κ2) is 5.62. The summed E-state index contributed by atoms with van der Waals surface area (Å²) in [6.07, 6.45) is 0. The average molecular weight is 348 g/mol. The normalized spacial score (nSPS) is 12.8. The lowest BCUT2D eigenvalue weighted by atomic mass is 10.0. The summed E-state index contributed by atoms with van der Waals surface area (Å²) in [5.74, 6) is 0.435. The van der Waals surface area contributed by atoms with Crippen LogP contribution < -0.4 is 5.32 Å². The molecule has 0 spiro atoms. The highest BCUT2D eigenvalue weighted by molar-refractivity contribution is 9.10. The Kier molecular flexibility index (Phi) is 3.83. The van der Waals surface area contributed by atoms with E-state index < -0.39 is 0 Å². The minimum Gasteiger partial charge on any atom is -0.459 e. The SMILES string of the molecule is CNC(c1cc2cc(C)ccc2o1)c1c(F)cccc1Br. The molecule has 108 valence electrons. The van der Waals surface area contributed by atoms with E-state index in [1.807, 2.05) is 31.2 Å². The minimum absolute atomic E-state index is 0.264. The van der Waals surface area contributed by atoms with Crippen LogP contribution in [0, 0.1) is 12.7 Å². The van der Waals surface area contributed by atoms with Crippen molar-refractivity contribution >= 4 is 26.9 Å². The number of rotatable bonds is 3. The van der Waals surface area contributed by atoms with Gasteiger partial charge in [-0.25, -0.2) is 4.39 Å². The predicted molar refractivity (Wildman–Crippen MR) is 86.0 cm³/mol. The molecule has 0 aliphatic carbocycles. The molecule has 0 radical (unpaired) electrons. The number of nitrogens with one attached hydrogen (secondary N) is 1. The fraction of sp³-hybridized carbons (Fsp3) is 0.176. The Bertz CT molecular complexity index is 776. The maximum absolute atomic E-state index is 14.2. The van der Waals surface area contributed by atoms with Crippen molar-refractivity contribution in [3.63, 3.8) is 0 Å². The number of hydrogen-bond donors (Lipinski definition) is 1. The van der Waals surface area contributed by atoms with Crippen molar-refractivity contribution in [2.75, 3.05) is 7.05 Å². The van der Waals surface area contributed by atoms with E-state index in [4.69, 9.17) is 4.42 Å². The van der Waals surface area contributed by atoms with E-state index in [0.717, 1.165) is 15.4 Å². The highest BCUT2D eigenvalue weighted by Crippen LogP contribution is 2.33. The Morgan fingerprint density at radius 2 is 2.00 bits per heavy atom. The van der Waals surface area contributed by atoms with Crippen molar-refractivity contribution in [3.8, 4) is 0 Å². The summed E-state index contributed by atoms with van der Waals surface area (Å²) in [4.78, 5) is 0. The van der Waals surface area contributed by atoms with Crippen molar-refractivity contribution in [1.82, 2.24) is 5.32 Å². The van der Waals surface area contributed by atoms with E-state index in [1.54, 1.807) is 13.1 Å². The zero-order chi connectivity index (χ0) is 15.0. The summed E-state index contributed by atoms with van der Waals surface area (Å²) in [7, 11) is 1.79. The molecule has 1 N–H and O–H groups in total. The fourth-order valence-corrected chi connectivity index (χ4v) is 3.11. The molecule has 1 heterocycles. The first-order chi connectivity index (χ1) is 10.1. The van der Waals surface area contributed by atoms with Gasteiger partial charge in [-0.1, -0.05) is 33.6 Å². The van der Waals surface area contributed by atoms with Crippen LogP contribution in [-0.4, -0.2) is 7.05 Å². The zero-order valence-corrected chi connectivity index (χ0v) is 13.4. The van der Waals surface area contributed by atoms with Gasteiger partial charge in [-0.05, 0) is 44.3 Å². The summed E-state index contributed by atoms with van der Waals surface area (Å²) in [6.45, 7) is 2.04. The lowest BCUT2D eigenvalue weighted by Gasteiger charge is -2.16. The number of fused-ring (bicyclic) bond motifs is 1. The predicted octanol–water partition coefficient (Wildman–Crippen LogP) is 4.95. The number of furan rings is 1. The smallest absolute Gasteiger partial charge is 0.134 e. The fourth-order valence-electron chi connectivity index (χ4n) is 2.54. The molecule has 0 fully saturated rings. The molecule has 2 nitrogen and oxygen atoms in total. The Morgan fingerprint density at radius 1 is 1.19 bits per heavy atom. The first kappa shape index (κ1) is 14.3. The summed E-state index contributed by atoms with van der Waals surface area (Å²) in [6, 6.07) is 12.6. The van der Waals surface area contributed by atoms with Gasteiger partial charge in [-0.2, -0.15) is 0 Å². The van der Waals surface area contributed by atoms with Crippen LogP contribution in [0.1, 0.15) is 22.9 Å². The average Bonchev–Trinajstić information content (AvgIpc) is 2.85. The summed E-state index contributed by atoms with van der Waals surface area (Å²) in [5, 5.41) is 4.15. The number of benzene rings is 2. The molecule has 21 heavy (non-hydrogen) atoms. The Morgan fingerprint density at radius 3 is 2.71 bits per heavy atom. The van der Waals surface area contributed by atoms with Crippen molar-refractivity contribution in [3.05, 3.63) is 69.6 Å². The maximum Gasteiger partial charge on any atom is 0.134 e. The van der Waals surface area contributed by atoms with Crippen molar-refractivity contribution < 1.29 is 8.81 Å². The molecule has 0 bridgehead atoms. The highest BCUT2D eigenvalue weighted by atomic mass is 79.9. The van der Waals surface area contributed by atoms with Gasteiger partial charge in [0, 0.05) is 15.4 Å². The first-order valence-electron chi connectivity index (χ1n) is 6.71. The number of aryl methyl sites for hydroxylation is 1. The molecule has 0 aliphatic rings. The van der Waals surface area contributed by atoms with Crippen LogP contribution >= 0.6 is 15.9 Å². The Hall–Kier alpha value is -1.65. The van der Waals surface area contributed by atoms with Gasteiger partial charge in [0.15, 0.2) is 0 Å². The van der Waals surface area contributed by atoms with E-state index >= 15 is 0 Å². The van der Waals surface area contributed by atoms with Crippen LogP contribution in [0.25, 0.3) is 11.0 Å². The van der Waals surface area contributed by atoms with Crippen LogP contribution in [-0.2, 0) is 0 Å². The van der Waals surface area contributed by atoms with Crippen LogP contribution in [0.3, 0.4) is 0 Å². The summed E-state index contributed by atoms with van der Waals surface area (Å²) in [5.41, 5.74) is 2.53. The molecule has 2 aromatic carbocycles. The van der Waals surface area contributed by atoms with Gasteiger partial charge in [0.05, 0.1) is 6.04 Å². The van der Waals surface area contributed by atoms with Crippen molar-refractivity contribution in [2.45, 2.75) is 13.0 Å². The molecule has 1 unspecified atom stereocenters. The van der Waals surface area contributed by atoms with E-state index in [9.17, 15) is 4.39 Å². The quantitative estimate of drug-likeness (QED) is 0.724. The molecule has 0 saturated heterocycles. The molecular weight excluding hydrogens is 333 g/mol. The number of halogens is 2. The lowest BCUT2D eigenvalue weighted by Crippen LogP contribution is -2.18. The standard InChI is InChI=1S/C17H15BrFNO/c1-10-6-7-14-11(8-10)9-15(21-14)17(20-2)16-12(18)4-3-5-13(16)19/h3-9,17,20H,1-2H3. The Balaban J connectivity index is 2.14. The lowest BCUT2D eigenvalue weighted by molar-refractivity contribution is 0.475. The van der Waals surface area contributed by atoms with Crippen LogP contribution in [0.5, 0.6) is 0 Å². The van der Waals surface area contributed by atoms with E-state index in [0.29, 0.717) is 11.3 Å². The van der Waals surface area contributed by atoms with Crippen molar-refractivity contribution in [2.24, 2.45) is 0 Å².